The van der Waals surface area contributed by atoms with E-state index in [0.717, 1.165) is 30.6 Å². The highest BCUT2D eigenvalue weighted by Gasteiger charge is 2.35. The largest absolute Gasteiger partial charge is 0.466 e. The van der Waals surface area contributed by atoms with Crippen LogP contribution >= 0.6 is 0 Å². The Balaban J connectivity index is 1.99. The minimum absolute atomic E-state index is 0.286. The molecule has 1 aromatic carbocycles. The van der Waals surface area contributed by atoms with E-state index in [-0.39, 0.29) is 6.03 Å². The average molecular weight is 357 g/mol. The summed E-state index contributed by atoms with van der Waals surface area (Å²) in [7, 11) is 1.38. The lowest BCUT2D eigenvalue weighted by Gasteiger charge is -2.35. The molecule has 0 aliphatic carbocycles. The average Bonchev–Trinajstić information content (AvgIpc) is 2.61. The van der Waals surface area contributed by atoms with Crippen molar-refractivity contribution < 1.29 is 14.3 Å². The molecule has 26 heavy (non-hydrogen) atoms. The lowest BCUT2D eigenvalue weighted by Crippen LogP contribution is -2.49. The maximum Gasteiger partial charge on any atom is 0.338 e. The molecule has 0 radical (unpaired) electrons. The molecule has 2 heterocycles. The molecule has 2 N–H and O–H groups in total. The lowest BCUT2D eigenvalue weighted by molar-refractivity contribution is -0.136. The van der Waals surface area contributed by atoms with Gasteiger partial charge in [-0.05, 0) is 43.4 Å². The predicted molar refractivity (Wildman–Crippen MR) is 99.5 cm³/mol. The van der Waals surface area contributed by atoms with Gasteiger partial charge in [0.2, 0.25) is 0 Å². The van der Waals surface area contributed by atoms with E-state index in [9.17, 15) is 9.59 Å². The first-order valence-electron chi connectivity index (χ1n) is 9.16. The third-order valence-corrected chi connectivity index (χ3v) is 5.18. The van der Waals surface area contributed by atoms with Crippen LogP contribution in [0.4, 0.5) is 4.79 Å². The Morgan fingerprint density at radius 2 is 2.12 bits per heavy atom. The number of carbonyl (C=O) groups excluding carboxylic acids is 2. The Bertz CT molecular complexity index is 729. The summed E-state index contributed by atoms with van der Waals surface area (Å²) in [6, 6.07) is 6.98. The second-order valence-corrected chi connectivity index (χ2v) is 7.25. The van der Waals surface area contributed by atoms with Gasteiger partial charge in [-0.1, -0.05) is 31.2 Å². The van der Waals surface area contributed by atoms with Gasteiger partial charge in [-0.15, -0.1) is 0 Å². The van der Waals surface area contributed by atoms with Crippen molar-refractivity contribution in [2.75, 3.05) is 26.7 Å². The number of benzene rings is 1. The maximum atomic E-state index is 12.6. The van der Waals surface area contributed by atoms with Crippen molar-refractivity contribution in [3.8, 4) is 0 Å². The minimum Gasteiger partial charge on any atom is -0.466 e. The number of methoxy groups -OCH3 is 1. The van der Waals surface area contributed by atoms with Gasteiger partial charge < -0.3 is 15.4 Å². The van der Waals surface area contributed by atoms with E-state index >= 15 is 0 Å². The number of hydrogen-bond acceptors (Lipinski definition) is 4. The van der Waals surface area contributed by atoms with Crippen LogP contribution in [0.25, 0.3) is 0 Å². The summed E-state index contributed by atoms with van der Waals surface area (Å²) in [4.78, 5) is 27.2. The van der Waals surface area contributed by atoms with Crippen LogP contribution in [0.5, 0.6) is 0 Å². The number of nitrogens with zero attached hydrogens (tertiary/aromatic N) is 1. The molecule has 3 rings (SSSR count). The van der Waals surface area contributed by atoms with Gasteiger partial charge in [0, 0.05) is 18.8 Å². The molecule has 2 amide bonds. The number of likely N-dealkylation sites (tertiary alicyclic amines) is 1. The molecule has 6 heteroatoms. The summed E-state index contributed by atoms with van der Waals surface area (Å²) in [5, 5.41) is 5.74. The van der Waals surface area contributed by atoms with Crippen molar-refractivity contribution in [2.45, 2.75) is 32.7 Å². The summed E-state index contributed by atoms with van der Waals surface area (Å²) in [5.41, 5.74) is 3.06. The SMILES string of the molecule is COC(=O)C1=C(CN2CCC[C@@H](C)C2)NC(=O)N[C@@H]1c1ccccc1C. The van der Waals surface area contributed by atoms with Crippen LogP contribution in [0, 0.1) is 12.8 Å². The van der Waals surface area contributed by atoms with E-state index in [2.05, 4.69) is 22.5 Å². The molecule has 0 saturated carbocycles. The Hall–Kier alpha value is -2.34. The molecule has 0 aromatic heterocycles. The summed E-state index contributed by atoms with van der Waals surface area (Å²) < 4.78 is 5.05. The van der Waals surface area contributed by atoms with E-state index < -0.39 is 12.0 Å². The number of nitrogens with one attached hydrogen (secondary N) is 2. The maximum absolute atomic E-state index is 12.6. The number of amides is 2. The number of ether oxygens (including phenoxy) is 1. The smallest absolute Gasteiger partial charge is 0.338 e. The van der Waals surface area contributed by atoms with Crippen LogP contribution in [0.2, 0.25) is 0 Å². The molecular weight excluding hydrogens is 330 g/mol. The zero-order valence-electron chi connectivity index (χ0n) is 15.7. The molecule has 140 valence electrons. The van der Waals surface area contributed by atoms with Gasteiger partial charge >= 0.3 is 12.0 Å². The number of hydrogen-bond donors (Lipinski definition) is 2. The fourth-order valence-electron chi connectivity index (χ4n) is 3.89. The first-order chi connectivity index (χ1) is 12.5. The van der Waals surface area contributed by atoms with Crippen LogP contribution in [0.3, 0.4) is 0 Å². The van der Waals surface area contributed by atoms with E-state index in [1.165, 1.54) is 13.5 Å². The molecule has 2 aliphatic heterocycles. The zero-order valence-corrected chi connectivity index (χ0v) is 15.7. The quantitative estimate of drug-likeness (QED) is 0.813. The highest BCUT2D eigenvalue weighted by molar-refractivity contribution is 5.95. The first kappa shape index (κ1) is 18.5. The van der Waals surface area contributed by atoms with Gasteiger partial charge in [-0.3, -0.25) is 4.90 Å². The van der Waals surface area contributed by atoms with Crippen molar-refractivity contribution >= 4 is 12.0 Å². The molecule has 0 bridgehead atoms. The second kappa shape index (κ2) is 7.91. The van der Waals surface area contributed by atoms with Crippen LogP contribution in [-0.2, 0) is 9.53 Å². The Labute approximate surface area is 154 Å². The third kappa shape index (κ3) is 3.90. The number of aryl methyl sites for hydroxylation is 1. The zero-order chi connectivity index (χ0) is 18.7. The fraction of sp³-hybridized carbons (Fsp3) is 0.500. The standard InChI is InChI=1S/C20H27N3O3/c1-13-7-6-10-23(11-13)12-16-17(19(24)26-3)18(22-20(25)21-16)15-9-5-4-8-14(15)2/h4-5,8-9,13,18H,6-7,10-12H2,1-3H3,(H2,21,22,25)/t13-,18-/m1/s1. The lowest BCUT2D eigenvalue weighted by atomic mass is 9.91. The third-order valence-electron chi connectivity index (χ3n) is 5.18. The predicted octanol–water partition coefficient (Wildman–Crippen LogP) is 2.51. The van der Waals surface area contributed by atoms with Crippen LogP contribution in [0.15, 0.2) is 35.5 Å². The Kier molecular flexibility index (Phi) is 5.61. The first-order valence-corrected chi connectivity index (χ1v) is 9.16. The van der Waals surface area contributed by atoms with Gasteiger partial charge in [0.05, 0.1) is 18.7 Å². The van der Waals surface area contributed by atoms with Gasteiger partial charge in [-0.2, -0.15) is 0 Å². The van der Waals surface area contributed by atoms with Gasteiger partial charge in [0.1, 0.15) is 0 Å². The van der Waals surface area contributed by atoms with Gasteiger partial charge in [0.25, 0.3) is 0 Å². The van der Waals surface area contributed by atoms with Crippen molar-refractivity contribution in [1.29, 1.82) is 0 Å². The van der Waals surface area contributed by atoms with Crippen LogP contribution < -0.4 is 10.6 Å². The van der Waals surface area contributed by atoms with Crippen LogP contribution in [0.1, 0.15) is 36.9 Å². The molecule has 6 nitrogen and oxygen atoms in total. The highest BCUT2D eigenvalue weighted by Crippen LogP contribution is 2.30. The molecule has 2 aliphatic rings. The summed E-state index contributed by atoms with van der Waals surface area (Å²) in [6.45, 7) is 6.70. The Morgan fingerprint density at radius 1 is 1.35 bits per heavy atom. The number of urea groups is 1. The van der Waals surface area contributed by atoms with E-state index in [1.54, 1.807) is 0 Å². The molecule has 2 atom stereocenters. The summed E-state index contributed by atoms with van der Waals surface area (Å²) in [6.07, 6.45) is 2.36. The van der Waals surface area contributed by atoms with E-state index in [1.807, 2.05) is 31.2 Å². The molecule has 1 fully saturated rings. The highest BCUT2D eigenvalue weighted by atomic mass is 16.5. The topological polar surface area (TPSA) is 70.7 Å². The normalized spacial score (nSPS) is 24.0. The van der Waals surface area contributed by atoms with Crippen molar-refractivity contribution in [3.63, 3.8) is 0 Å². The van der Waals surface area contributed by atoms with Crippen molar-refractivity contribution in [1.82, 2.24) is 15.5 Å². The van der Waals surface area contributed by atoms with Crippen molar-refractivity contribution in [3.05, 3.63) is 46.7 Å². The summed E-state index contributed by atoms with van der Waals surface area (Å²) >= 11 is 0. The minimum atomic E-state index is -0.505. The number of esters is 1. The number of rotatable bonds is 4. The Morgan fingerprint density at radius 3 is 2.81 bits per heavy atom. The molecule has 1 saturated heterocycles. The van der Waals surface area contributed by atoms with Gasteiger partial charge in [0.15, 0.2) is 0 Å². The number of carbonyl (C=O) groups is 2. The molecule has 0 spiro atoms. The molecule has 0 unspecified atom stereocenters. The molecular formula is C20H27N3O3. The monoisotopic (exact) mass is 357 g/mol. The van der Waals surface area contributed by atoms with E-state index in [4.69, 9.17) is 4.74 Å². The van der Waals surface area contributed by atoms with Crippen LogP contribution in [-0.4, -0.2) is 43.6 Å². The van der Waals surface area contributed by atoms with E-state index in [0.29, 0.717) is 23.7 Å². The fourth-order valence-corrected chi connectivity index (χ4v) is 3.89. The number of piperidine rings is 1. The summed E-state index contributed by atoms with van der Waals surface area (Å²) in [5.74, 6) is 0.210. The van der Waals surface area contributed by atoms with Gasteiger partial charge in [-0.25, -0.2) is 9.59 Å². The second-order valence-electron chi connectivity index (χ2n) is 7.25. The molecule has 1 aromatic rings. The van der Waals surface area contributed by atoms with Crippen molar-refractivity contribution in [2.24, 2.45) is 5.92 Å².